The first-order chi connectivity index (χ1) is 10.6. The number of nitrogens with two attached hydrogens (primary N) is 1. The van der Waals surface area contributed by atoms with E-state index in [0.717, 1.165) is 24.1 Å². The van der Waals surface area contributed by atoms with Gasteiger partial charge in [-0.3, -0.25) is 9.59 Å². The number of nitrogens with zero attached hydrogens (tertiary/aromatic N) is 1. The fourth-order valence-electron chi connectivity index (χ4n) is 2.53. The Morgan fingerprint density at radius 2 is 2.14 bits per heavy atom. The minimum atomic E-state index is -0.669. The summed E-state index contributed by atoms with van der Waals surface area (Å²) in [6.45, 7) is 1.98. The van der Waals surface area contributed by atoms with Crippen LogP contribution in [0.25, 0.3) is 0 Å². The molecule has 1 fully saturated rings. The van der Waals surface area contributed by atoms with Crippen molar-refractivity contribution >= 4 is 11.8 Å². The highest BCUT2D eigenvalue weighted by Gasteiger charge is 2.21. The molecular formula is C16H23N3O3. The number of ether oxygens (including phenoxy) is 1. The van der Waals surface area contributed by atoms with Gasteiger partial charge in [0.2, 0.25) is 11.8 Å². The van der Waals surface area contributed by atoms with Crippen LogP contribution >= 0.6 is 0 Å². The minimum absolute atomic E-state index is 0.190. The van der Waals surface area contributed by atoms with Gasteiger partial charge in [-0.1, -0.05) is 24.3 Å². The maximum Gasteiger partial charge on any atom is 0.239 e. The number of amides is 2. The Kier molecular flexibility index (Phi) is 5.91. The van der Waals surface area contributed by atoms with Crippen molar-refractivity contribution in [3.8, 4) is 0 Å². The zero-order valence-corrected chi connectivity index (χ0v) is 12.9. The molecular weight excluding hydrogens is 282 g/mol. The average Bonchev–Trinajstić information content (AvgIpc) is 2.91. The Morgan fingerprint density at radius 1 is 1.41 bits per heavy atom. The van der Waals surface area contributed by atoms with E-state index in [1.165, 1.54) is 7.11 Å². The lowest BCUT2D eigenvalue weighted by Crippen LogP contribution is -2.43. The smallest absolute Gasteiger partial charge is 0.239 e. The van der Waals surface area contributed by atoms with Crippen LogP contribution in [0.1, 0.15) is 24.0 Å². The Hall–Kier alpha value is -1.92. The molecule has 0 aromatic heterocycles. The quantitative estimate of drug-likeness (QED) is 0.763. The number of carbonyl (C=O) groups excluding carboxylic acids is 2. The molecule has 1 aliphatic rings. The van der Waals surface area contributed by atoms with Crippen molar-refractivity contribution in [2.75, 3.05) is 20.3 Å². The monoisotopic (exact) mass is 305 g/mol. The third kappa shape index (κ3) is 4.29. The van der Waals surface area contributed by atoms with E-state index in [-0.39, 0.29) is 18.4 Å². The second-order valence-corrected chi connectivity index (χ2v) is 5.47. The van der Waals surface area contributed by atoms with Gasteiger partial charge in [-0.2, -0.15) is 0 Å². The van der Waals surface area contributed by atoms with Crippen molar-refractivity contribution in [1.82, 2.24) is 10.2 Å². The summed E-state index contributed by atoms with van der Waals surface area (Å²) in [6, 6.07) is 7.14. The van der Waals surface area contributed by atoms with Crippen LogP contribution in [0.5, 0.6) is 0 Å². The Bertz CT molecular complexity index is 533. The highest BCUT2D eigenvalue weighted by atomic mass is 16.5. The van der Waals surface area contributed by atoms with E-state index in [2.05, 4.69) is 5.32 Å². The molecule has 1 aliphatic heterocycles. The first-order valence-corrected chi connectivity index (χ1v) is 7.48. The maximum absolute atomic E-state index is 11.8. The summed E-state index contributed by atoms with van der Waals surface area (Å²) in [6.07, 6.45) is 1.55. The van der Waals surface area contributed by atoms with Gasteiger partial charge in [0.05, 0.1) is 6.61 Å². The van der Waals surface area contributed by atoms with Gasteiger partial charge in [-0.05, 0) is 17.5 Å². The molecule has 2 rings (SSSR count). The van der Waals surface area contributed by atoms with Crippen LogP contribution in [0.4, 0.5) is 0 Å². The molecule has 6 heteroatoms. The van der Waals surface area contributed by atoms with E-state index < -0.39 is 6.04 Å². The topological polar surface area (TPSA) is 84.7 Å². The predicted molar refractivity (Wildman–Crippen MR) is 82.8 cm³/mol. The fraction of sp³-hybridized carbons (Fsp3) is 0.500. The molecule has 0 saturated carbocycles. The van der Waals surface area contributed by atoms with E-state index in [9.17, 15) is 9.59 Å². The Labute approximate surface area is 130 Å². The number of benzene rings is 1. The third-order valence-electron chi connectivity index (χ3n) is 3.79. The van der Waals surface area contributed by atoms with E-state index in [0.29, 0.717) is 19.5 Å². The van der Waals surface area contributed by atoms with Crippen LogP contribution in [0.2, 0.25) is 0 Å². The van der Waals surface area contributed by atoms with Crippen LogP contribution in [0.3, 0.4) is 0 Å². The van der Waals surface area contributed by atoms with Gasteiger partial charge in [0.15, 0.2) is 0 Å². The molecule has 1 aromatic carbocycles. The molecule has 0 aliphatic carbocycles. The summed E-state index contributed by atoms with van der Waals surface area (Å²) in [5.41, 5.74) is 7.74. The van der Waals surface area contributed by atoms with Gasteiger partial charge < -0.3 is 20.7 Å². The van der Waals surface area contributed by atoms with Crippen LogP contribution in [-0.4, -0.2) is 43.0 Å². The SMILES string of the molecule is COCC(N)C(=O)NCc1ccccc1CN1CCCC1=O. The molecule has 0 spiro atoms. The lowest BCUT2D eigenvalue weighted by atomic mass is 10.1. The molecule has 0 bridgehead atoms. The largest absolute Gasteiger partial charge is 0.383 e. The highest BCUT2D eigenvalue weighted by molar-refractivity contribution is 5.81. The number of methoxy groups -OCH3 is 1. The Balaban J connectivity index is 1.96. The number of hydrogen-bond acceptors (Lipinski definition) is 4. The standard InChI is InChI=1S/C16H23N3O3/c1-22-11-14(17)16(21)18-9-12-5-2-3-6-13(12)10-19-8-4-7-15(19)20/h2-3,5-6,14H,4,7-11,17H2,1H3,(H,18,21). The van der Waals surface area contributed by atoms with E-state index in [4.69, 9.17) is 10.5 Å². The molecule has 1 atom stereocenters. The molecule has 120 valence electrons. The van der Waals surface area contributed by atoms with Gasteiger partial charge in [0, 0.05) is 33.2 Å². The Morgan fingerprint density at radius 3 is 2.77 bits per heavy atom. The van der Waals surface area contributed by atoms with Crippen LogP contribution in [-0.2, 0) is 27.4 Å². The van der Waals surface area contributed by atoms with Crippen LogP contribution < -0.4 is 11.1 Å². The molecule has 1 heterocycles. The summed E-state index contributed by atoms with van der Waals surface area (Å²) >= 11 is 0. The van der Waals surface area contributed by atoms with Gasteiger partial charge in [0.25, 0.3) is 0 Å². The number of hydrogen-bond donors (Lipinski definition) is 2. The van der Waals surface area contributed by atoms with Gasteiger partial charge in [-0.25, -0.2) is 0 Å². The molecule has 0 radical (unpaired) electrons. The molecule has 1 saturated heterocycles. The lowest BCUT2D eigenvalue weighted by molar-refractivity contribution is -0.128. The zero-order chi connectivity index (χ0) is 15.9. The number of likely N-dealkylation sites (tertiary alicyclic amines) is 1. The molecule has 1 unspecified atom stereocenters. The zero-order valence-electron chi connectivity index (χ0n) is 12.9. The summed E-state index contributed by atoms with van der Waals surface area (Å²) in [4.78, 5) is 25.4. The molecule has 3 N–H and O–H groups in total. The summed E-state index contributed by atoms with van der Waals surface area (Å²) in [5.74, 6) is -0.0464. The maximum atomic E-state index is 11.8. The van der Waals surface area contributed by atoms with E-state index >= 15 is 0 Å². The van der Waals surface area contributed by atoms with Crippen molar-refractivity contribution in [2.24, 2.45) is 5.73 Å². The van der Waals surface area contributed by atoms with Gasteiger partial charge in [0.1, 0.15) is 6.04 Å². The third-order valence-corrected chi connectivity index (χ3v) is 3.79. The lowest BCUT2D eigenvalue weighted by Gasteiger charge is -2.19. The number of carbonyl (C=O) groups is 2. The first kappa shape index (κ1) is 16.5. The van der Waals surface area contributed by atoms with Crippen LogP contribution in [0, 0.1) is 0 Å². The van der Waals surface area contributed by atoms with Gasteiger partial charge in [-0.15, -0.1) is 0 Å². The fourth-order valence-corrected chi connectivity index (χ4v) is 2.53. The summed E-state index contributed by atoms with van der Waals surface area (Å²) in [5, 5.41) is 2.81. The summed E-state index contributed by atoms with van der Waals surface area (Å²) < 4.78 is 4.87. The van der Waals surface area contributed by atoms with Gasteiger partial charge >= 0.3 is 0 Å². The molecule has 6 nitrogen and oxygen atoms in total. The number of rotatable bonds is 7. The van der Waals surface area contributed by atoms with E-state index in [1.807, 2.05) is 29.2 Å². The molecule has 2 amide bonds. The van der Waals surface area contributed by atoms with Crippen molar-refractivity contribution in [2.45, 2.75) is 32.0 Å². The van der Waals surface area contributed by atoms with Crippen molar-refractivity contribution in [3.63, 3.8) is 0 Å². The highest BCUT2D eigenvalue weighted by Crippen LogP contribution is 2.17. The minimum Gasteiger partial charge on any atom is -0.383 e. The van der Waals surface area contributed by atoms with Crippen molar-refractivity contribution in [1.29, 1.82) is 0 Å². The molecule has 1 aromatic rings. The normalized spacial score (nSPS) is 15.9. The van der Waals surface area contributed by atoms with Crippen LogP contribution in [0.15, 0.2) is 24.3 Å². The van der Waals surface area contributed by atoms with E-state index in [1.54, 1.807) is 0 Å². The second-order valence-electron chi connectivity index (χ2n) is 5.47. The molecule has 22 heavy (non-hydrogen) atoms. The summed E-state index contributed by atoms with van der Waals surface area (Å²) in [7, 11) is 1.51. The van der Waals surface area contributed by atoms with Crippen molar-refractivity contribution in [3.05, 3.63) is 35.4 Å². The average molecular weight is 305 g/mol. The second kappa shape index (κ2) is 7.91. The number of nitrogens with one attached hydrogen (secondary N) is 1. The predicted octanol–water partition coefficient (Wildman–Crippen LogP) is 0.399. The first-order valence-electron chi connectivity index (χ1n) is 7.48. The van der Waals surface area contributed by atoms with Crippen molar-refractivity contribution < 1.29 is 14.3 Å².